The minimum atomic E-state index is -0.469. The zero-order chi connectivity index (χ0) is 34.8. The number of carbonyl (C=O) groups excluding carboxylic acids is 1. The van der Waals surface area contributed by atoms with Crippen molar-refractivity contribution in [2.24, 2.45) is 5.73 Å². The summed E-state index contributed by atoms with van der Waals surface area (Å²) in [5.41, 5.74) is 6.16. The van der Waals surface area contributed by atoms with E-state index < -0.39 is 5.91 Å². The molecule has 2 N–H and O–H groups in total. The highest BCUT2D eigenvalue weighted by molar-refractivity contribution is 5.94. The number of nitrogens with two attached hydrogens (primary N) is 1. The smallest absolute Gasteiger partial charge is 0.248 e. The second-order valence-corrected chi connectivity index (χ2v) is 14.3. The van der Waals surface area contributed by atoms with Crippen LogP contribution in [-0.4, -0.2) is 25.7 Å². The third kappa shape index (κ3) is 25.1. The lowest BCUT2D eigenvalue weighted by atomic mass is 10.1. The lowest BCUT2D eigenvalue weighted by Crippen LogP contribution is -2.13. The molecular formula is C43H79NO4. The molecule has 0 heterocycles. The summed E-state index contributed by atoms with van der Waals surface area (Å²) in [5.74, 6) is 1.35. The zero-order valence-electron chi connectivity index (χ0n) is 32.2. The maximum absolute atomic E-state index is 12.3. The van der Waals surface area contributed by atoms with Gasteiger partial charge in [0, 0.05) is 5.56 Å². The van der Waals surface area contributed by atoms with Crippen LogP contribution < -0.4 is 19.9 Å². The molecule has 0 saturated heterocycles. The first-order chi connectivity index (χ1) is 23.6. The minimum absolute atomic E-state index is 0.414. The van der Waals surface area contributed by atoms with E-state index in [0.717, 1.165) is 38.5 Å². The number of benzene rings is 1. The Bertz CT molecular complexity index is 810. The average Bonchev–Trinajstić information content (AvgIpc) is 3.08. The largest absolute Gasteiger partial charge is 0.490 e. The van der Waals surface area contributed by atoms with Gasteiger partial charge >= 0.3 is 0 Å². The fourth-order valence-electron chi connectivity index (χ4n) is 6.38. The summed E-state index contributed by atoms with van der Waals surface area (Å²) < 4.78 is 18.9. The summed E-state index contributed by atoms with van der Waals surface area (Å²) in [6, 6.07) is 3.50. The maximum Gasteiger partial charge on any atom is 0.248 e. The molecule has 48 heavy (non-hydrogen) atoms. The number of amides is 1. The van der Waals surface area contributed by atoms with Gasteiger partial charge in [-0.1, -0.05) is 194 Å². The van der Waals surface area contributed by atoms with Crippen LogP contribution in [0.15, 0.2) is 12.1 Å². The molecule has 0 saturated carbocycles. The van der Waals surface area contributed by atoms with Crippen LogP contribution in [0.4, 0.5) is 0 Å². The number of unbranched alkanes of at least 4 members (excludes halogenated alkanes) is 27. The average molecular weight is 674 g/mol. The number of primary amides is 1. The molecule has 0 radical (unpaired) electrons. The van der Waals surface area contributed by atoms with Crippen molar-refractivity contribution < 1.29 is 19.0 Å². The van der Waals surface area contributed by atoms with Gasteiger partial charge in [-0.2, -0.15) is 0 Å². The number of hydrogen-bond donors (Lipinski definition) is 1. The van der Waals surface area contributed by atoms with E-state index in [9.17, 15) is 4.79 Å². The highest BCUT2D eigenvalue weighted by Gasteiger charge is 2.18. The lowest BCUT2D eigenvalue weighted by Gasteiger charge is -2.18. The third-order valence-corrected chi connectivity index (χ3v) is 9.56. The van der Waals surface area contributed by atoms with Crippen molar-refractivity contribution in [3.05, 3.63) is 17.7 Å². The Kier molecular flexibility index (Phi) is 30.9. The first-order valence-electron chi connectivity index (χ1n) is 21.0. The molecule has 0 unspecified atom stereocenters. The normalized spacial score (nSPS) is 11.2. The topological polar surface area (TPSA) is 70.8 Å². The van der Waals surface area contributed by atoms with Crippen molar-refractivity contribution in [1.29, 1.82) is 0 Å². The van der Waals surface area contributed by atoms with Crippen molar-refractivity contribution in [3.8, 4) is 17.2 Å². The molecule has 0 aliphatic heterocycles. The molecule has 1 amide bonds. The SMILES string of the molecule is CCCCCCCCCCCCOc1cc(C(N)=O)cc(OCCCCCCCCCCCC)c1OCCCCCCCCCCCC. The van der Waals surface area contributed by atoms with Crippen LogP contribution in [0.3, 0.4) is 0 Å². The second kappa shape index (κ2) is 33.6. The van der Waals surface area contributed by atoms with Crippen LogP contribution in [0.25, 0.3) is 0 Å². The van der Waals surface area contributed by atoms with Crippen LogP contribution in [0, 0.1) is 0 Å². The second-order valence-electron chi connectivity index (χ2n) is 14.3. The van der Waals surface area contributed by atoms with Gasteiger partial charge in [0.25, 0.3) is 0 Å². The van der Waals surface area contributed by atoms with E-state index in [1.165, 1.54) is 154 Å². The van der Waals surface area contributed by atoms with Gasteiger partial charge in [-0.25, -0.2) is 0 Å². The Balaban J connectivity index is 2.61. The summed E-state index contributed by atoms with van der Waals surface area (Å²) >= 11 is 0. The van der Waals surface area contributed by atoms with Crippen LogP contribution in [0.5, 0.6) is 17.2 Å². The monoisotopic (exact) mass is 674 g/mol. The first-order valence-corrected chi connectivity index (χ1v) is 21.0. The van der Waals surface area contributed by atoms with Crippen LogP contribution in [0.1, 0.15) is 224 Å². The Morgan fingerprint density at radius 1 is 0.417 bits per heavy atom. The van der Waals surface area contributed by atoms with Gasteiger partial charge in [-0.3, -0.25) is 4.79 Å². The van der Waals surface area contributed by atoms with Gasteiger partial charge in [0.1, 0.15) is 0 Å². The Labute approximate surface area is 298 Å². The third-order valence-electron chi connectivity index (χ3n) is 9.56. The van der Waals surface area contributed by atoms with E-state index in [1.54, 1.807) is 12.1 Å². The summed E-state index contributed by atoms with van der Waals surface area (Å²) in [7, 11) is 0. The molecule has 0 aliphatic carbocycles. The predicted molar refractivity (Wildman–Crippen MR) is 207 cm³/mol. The number of carbonyl (C=O) groups is 1. The Hall–Kier alpha value is -1.91. The van der Waals surface area contributed by atoms with Gasteiger partial charge in [0.05, 0.1) is 19.8 Å². The van der Waals surface area contributed by atoms with Crippen molar-refractivity contribution in [1.82, 2.24) is 0 Å². The van der Waals surface area contributed by atoms with Gasteiger partial charge < -0.3 is 19.9 Å². The molecule has 1 aromatic carbocycles. The molecule has 0 fully saturated rings. The zero-order valence-corrected chi connectivity index (χ0v) is 32.2. The highest BCUT2D eigenvalue weighted by Crippen LogP contribution is 2.39. The molecule has 0 atom stereocenters. The van der Waals surface area contributed by atoms with E-state index in [-0.39, 0.29) is 0 Å². The fourth-order valence-corrected chi connectivity index (χ4v) is 6.38. The van der Waals surface area contributed by atoms with Gasteiger partial charge in [-0.15, -0.1) is 0 Å². The van der Waals surface area contributed by atoms with Gasteiger partial charge in [-0.05, 0) is 31.4 Å². The van der Waals surface area contributed by atoms with Crippen LogP contribution in [0.2, 0.25) is 0 Å². The number of hydrogen-bond acceptors (Lipinski definition) is 4. The fraction of sp³-hybridized carbons (Fsp3) is 0.837. The summed E-state index contributed by atoms with van der Waals surface area (Å²) in [6.45, 7) is 8.64. The summed E-state index contributed by atoms with van der Waals surface area (Å²) in [4.78, 5) is 12.3. The van der Waals surface area contributed by atoms with Crippen molar-refractivity contribution in [2.45, 2.75) is 213 Å². The van der Waals surface area contributed by atoms with Crippen molar-refractivity contribution >= 4 is 5.91 Å². The van der Waals surface area contributed by atoms with Crippen LogP contribution >= 0.6 is 0 Å². The van der Waals surface area contributed by atoms with Crippen LogP contribution in [-0.2, 0) is 0 Å². The Morgan fingerprint density at radius 3 is 0.938 bits per heavy atom. The summed E-state index contributed by atoms with van der Waals surface area (Å²) in [5, 5.41) is 0. The van der Waals surface area contributed by atoms with Crippen molar-refractivity contribution in [2.75, 3.05) is 19.8 Å². The van der Waals surface area contributed by atoms with Gasteiger partial charge in [0.15, 0.2) is 11.5 Å². The quantitative estimate of drug-likeness (QED) is 0.0714. The number of rotatable bonds is 37. The van der Waals surface area contributed by atoms with E-state index in [2.05, 4.69) is 20.8 Å². The van der Waals surface area contributed by atoms with E-state index in [0.29, 0.717) is 42.6 Å². The first kappa shape index (κ1) is 44.1. The Morgan fingerprint density at radius 2 is 0.667 bits per heavy atom. The lowest BCUT2D eigenvalue weighted by molar-refractivity contribution is 0.0999. The molecule has 1 aromatic rings. The predicted octanol–water partition coefficient (Wildman–Crippen LogP) is 13.7. The van der Waals surface area contributed by atoms with Gasteiger partial charge in [0.2, 0.25) is 11.7 Å². The molecule has 0 bridgehead atoms. The number of ether oxygens (including phenoxy) is 3. The molecule has 0 spiro atoms. The van der Waals surface area contributed by atoms with E-state index >= 15 is 0 Å². The molecule has 280 valence electrons. The molecule has 0 aliphatic rings. The summed E-state index contributed by atoms with van der Waals surface area (Å²) in [6.07, 6.45) is 38.5. The highest BCUT2D eigenvalue weighted by atomic mass is 16.5. The standard InChI is InChI=1S/C43H79NO4/c1-4-7-10-13-16-19-22-25-28-31-34-46-40-37-39(43(44)45)38-41(47-35-32-29-26-23-20-17-14-11-8-5-2)42(40)48-36-33-30-27-24-21-18-15-12-9-6-3/h37-38H,4-36H2,1-3H3,(H2,44,45). The molecule has 0 aromatic heterocycles. The maximum atomic E-state index is 12.3. The molecule has 5 heteroatoms. The molecular weight excluding hydrogens is 594 g/mol. The minimum Gasteiger partial charge on any atom is -0.490 e. The molecule has 5 nitrogen and oxygen atoms in total. The van der Waals surface area contributed by atoms with E-state index in [4.69, 9.17) is 19.9 Å². The van der Waals surface area contributed by atoms with E-state index in [1.807, 2.05) is 0 Å². The van der Waals surface area contributed by atoms with Crippen molar-refractivity contribution in [3.63, 3.8) is 0 Å². The molecule has 1 rings (SSSR count).